The van der Waals surface area contributed by atoms with Gasteiger partial charge in [0.2, 0.25) is 0 Å². The number of rotatable bonds is 2. The van der Waals surface area contributed by atoms with E-state index in [9.17, 15) is 0 Å². The molecule has 0 saturated heterocycles. The van der Waals surface area contributed by atoms with E-state index in [1.54, 1.807) is 0 Å². The lowest BCUT2D eigenvalue weighted by atomic mass is 10.2. The monoisotopic (exact) mass is 264 g/mol. The molecule has 2 nitrogen and oxygen atoms in total. The minimum atomic E-state index is 0.587. The van der Waals surface area contributed by atoms with Gasteiger partial charge in [-0.2, -0.15) is 0 Å². The zero-order valence-electron chi connectivity index (χ0n) is 8.36. The predicted octanol–water partition coefficient (Wildman–Crippen LogP) is 2.67. The van der Waals surface area contributed by atoms with Crippen molar-refractivity contribution in [1.29, 1.82) is 0 Å². The van der Waals surface area contributed by atoms with Crippen molar-refractivity contribution >= 4 is 21.6 Å². The van der Waals surface area contributed by atoms with Crippen molar-refractivity contribution in [3.05, 3.63) is 52.7 Å². The highest BCUT2D eigenvalue weighted by molar-refractivity contribution is 9.10. The molecule has 0 amide bonds. The summed E-state index contributed by atoms with van der Waals surface area (Å²) in [5.41, 5.74) is 7.96. The molecule has 0 saturated carbocycles. The normalized spacial score (nSPS) is 15.3. The van der Waals surface area contributed by atoms with E-state index >= 15 is 0 Å². The van der Waals surface area contributed by atoms with E-state index in [-0.39, 0.29) is 0 Å². The van der Waals surface area contributed by atoms with Crippen LogP contribution in [0.1, 0.15) is 0 Å². The summed E-state index contributed by atoms with van der Waals surface area (Å²) in [6, 6.07) is 8.27. The maximum absolute atomic E-state index is 5.61. The SMILES string of the molecule is NCC1=CN(c2ccc(Br)cc2)CC=C1. The number of benzene rings is 1. The lowest BCUT2D eigenvalue weighted by molar-refractivity contribution is 1.03. The van der Waals surface area contributed by atoms with Crippen LogP contribution in [0.5, 0.6) is 0 Å². The fourth-order valence-corrected chi connectivity index (χ4v) is 1.81. The highest BCUT2D eigenvalue weighted by Crippen LogP contribution is 2.21. The zero-order valence-corrected chi connectivity index (χ0v) is 9.94. The Morgan fingerprint density at radius 1 is 1.27 bits per heavy atom. The van der Waals surface area contributed by atoms with Crippen LogP contribution in [0.2, 0.25) is 0 Å². The standard InChI is InChI=1S/C12H13BrN2/c13-11-3-5-12(6-4-11)15-7-1-2-10(8-14)9-15/h1-6,9H,7-8,14H2. The van der Waals surface area contributed by atoms with Crippen LogP contribution in [0, 0.1) is 0 Å². The Hall–Kier alpha value is -1.06. The number of hydrogen-bond donors (Lipinski definition) is 1. The first-order valence-electron chi connectivity index (χ1n) is 4.89. The minimum Gasteiger partial charge on any atom is -0.344 e. The topological polar surface area (TPSA) is 29.3 Å². The number of nitrogens with zero attached hydrogens (tertiary/aromatic N) is 1. The molecule has 0 bridgehead atoms. The lowest BCUT2D eigenvalue weighted by Gasteiger charge is -2.23. The van der Waals surface area contributed by atoms with Gasteiger partial charge in [0.05, 0.1) is 0 Å². The molecule has 2 rings (SSSR count). The van der Waals surface area contributed by atoms with Crippen LogP contribution >= 0.6 is 15.9 Å². The smallest absolute Gasteiger partial charge is 0.0409 e. The predicted molar refractivity (Wildman–Crippen MR) is 67.8 cm³/mol. The van der Waals surface area contributed by atoms with Crippen LogP contribution in [-0.2, 0) is 0 Å². The van der Waals surface area contributed by atoms with Gasteiger partial charge in [-0.05, 0) is 29.8 Å². The number of nitrogens with two attached hydrogens (primary N) is 1. The van der Waals surface area contributed by atoms with Gasteiger partial charge in [0.15, 0.2) is 0 Å². The van der Waals surface area contributed by atoms with Crippen molar-refractivity contribution in [2.24, 2.45) is 5.73 Å². The van der Waals surface area contributed by atoms with Crippen molar-refractivity contribution in [1.82, 2.24) is 0 Å². The number of hydrogen-bond acceptors (Lipinski definition) is 2. The van der Waals surface area contributed by atoms with Crippen LogP contribution in [0.25, 0.3) is 0 Å². The third kappa shape index (κ3) is 2.49. The van der Waals surface area contributed by atoms with E-state index in [2.05, 4.69) is 51.3 Å². The Labute approximate surface area is 98.2 Å². The largest absolute Gasteiger partial charge is 0.344 e. The summed E-state index contributed by atoms with van der Waals surface area (Å²) in [4.78, 5) is 2.19. The molecule has 1 heterocycles. The molecule has 0 spiro atoms. The molecule has 1 aliphatic heterocycles. The molecule has 1 aliphatic rings. The zero-order chi connectivity index (χ0) is 10.7. The molecule has 1 aromatic rings. The van der Waals surface area contributed by atoms with Gasteiger partial charge in [-0.25, -0.2) is 0 Å². The summed E-state index contributed by atoms with van der Waals surface area (Å²) in [5.74, 6) is 0. The van der Waals surface area contributed by atoms with E-state index in [4.69, 9.17) is 5.73 Å². The first-order valence-corrected chi connectivity index (χ1v) is 5.68. The molecule has 0 fully saturated rings. The van der Waals surface area contributed by atoms with E-state index < -0.39 is 0 Å². The lowest BCUT2D eigenvalue weighted by Crippen LogP contribution is -2.21. The van der Waals surface area contributed by atoms with Gasteiger partial charge in [0, 0.05) is 29.4 Å². The third-order valence-electron chi connectivity index (χ3n) is 2.35. The molecule has 1 aromatic carbocycles. The summed E-state index contributed by atoms with van der Waals surface area (Å²) in [7, 11) is 0. The Morgan fingerprint density at radius 2 is 2.00 bits per heavy atom. The van der Waals surface area contributed by atoms with Gasteiger partial charge >= 0.3 is 0 Å². The van der Waals surface area contributed by atoms with Crippen LogP contribution in [0.3, 0.4) is 0 Å². The Balaban J connectivity index is 2.22. The summed E-state index contributed by atoms with van der Waals surface area (Å²) < 4.78 is 1.10. The summed E-state index contributed by atoms with van der Waals surface area (Å²) in [6.07, 6.45) is 6.31. The molecule has 2 N–H and O–H groups in total. The van der Waals surface area contributed by atoms with E-state index in [1.165, 1.54) is 5.69 Å². The maximum Gasteiger partial charge on any atom is 0.0409 e. The number of halogens is 1. The molecular weight excluding hydrogens is 252 g/mol. The van der Waals surface area contributed by atoms with Crippen molar-refractivity contribution < 1.29 is 0 Å². The van der Waals surface area contributed by atoms with Gasteiger partial charge in [-0.3, -0.25) is 0 Å². The van der Waals surface area contributed by atoms with Gasteiger partial charge in [0.25, 0.3) is 0 Å². The summed E-state index contributed by atoms with van der Waals surface area (Å²) >= 11 is 3.43. The van der Waals surface area contributed by atoms with E-state index in [1.807, 2.05) is 12.1 Å². The van der Waals surface area contributed by atoms with Crippen LogP contribution < -0.4 is 10.6 Å². The van der Waals surface area contributed by atoms with Crippen LogP contribution in [-0.4, -0.2) is 13.1 Å². The molecular formula is C12H13BrN2. The Kier molecular flexibility index (Phi) is 3.23. The first kappa shape index (κ1) is 10.5. The molecule has 0 aromatic heterocycles. The molecule has 78 valence electrons. The highest BCUT2D eigenvalue weighted by Gasteiger charge is 2.06. The highest BCUT2D eigenvalue weighted by atomic mass is 79.9. The first-order chi connectivity index (χ1) is 7.29. The van der Waals surface area contributed by atoms with Gasteiger partial charge < -0.3 is 10.6 Å². The molecule has 0 aliphatic carbocycles. The van der Waals surface area contributed by atoms with Gasteiger partial charge in [-0.1, -0.05) is 28.1 Å². The number of anilines is 1. The molecule has 0 radical (unpaired) electrons. The fourth-order valence-electron chi connectivity index (χ4n) is 1.55. The van der Waals surface area contributed by atoms with E-state index in [0.717, 1.165) is 16.6 Å². The fraction of sp³-hybridized carbons (Fsp3) is 0.167. The second kappa shape index (κ2) is 4.64. The van der Waals surface area contributed by atoms with Crippen LogP contribution in [0.4, 0.5) is 5.69 Å². The van der Waals surface area contributed by atoms with Crippen molar-refractivity contribution in [3.63, 3.8) is 0 Å². The van der Waals surface area contributed by atoms with E-state index in [0.29, 0.717) is 6.54 Å². The molecule has 0 unspecified atom stereocenters. The van der Waals surface area contributed by atoms with Crippen molar-refractivity contribution in [2.45, 2.75) is 0 Å². The Bertz CT molecular complexity index is 393. The second-order valence-corrected chi connectivity index (χ2v) is 4.35. The molecule has 0 atom stereocenters. The van der Waals surface area contributed by atoms with Crippen LogP contribution in [0.15, 0.2) is 52.7 Å². The average Bonchev–Trinajstić information content (AvgIpc) is 2.30. The molecule has 3 heteroatoms. The molecule has 15 heavy (non-hydrogen) atoms. The summed E-state index contributed by atoms with van der Waals surface area (Å²) in [5, 5.41) is 0. The quantitative estimate of drug-likeness (QED) is 0.890. The van der Waals surface area contributed by atoms with Gasteiger partial charge in [-0.15, -0.1) is 0 Å². The maximum atomic E-state index is 5.61. The van der Waals surface area contributed by atoms with Crippen molar-refractivity contribution in [3.8, 4) is 0 Å². The van der Waals surface area contributed by atoms with Crippen molar-refractivity contribution in [2.75, 3.05) is 18.0 Å². The Morgan fingerprint density at radius 3 is 2.67 bits per heavy atom. The average molecular weight is 265 g/mol. The minimum absolute atomic E-state index is 0.587. The van der Waals surface area contributed by atoms with Gasteiger partial charge in [0.1, 0.15) is 0 Å². The summed E-state index contributed by atoms with van der Waals surface area (Å²) in [6.45, 7) is 1.49. The second-order valence-electron chi connectivity index (χ2n) is 3.44. The third-order valence-corrected chi connectivity index (χ3v) is 2.88.